The molecule has 0 aromatic heterocycles. The number of halogens is 1. The summed E-state index contributed by atoms with van der Waals surface area (Å²) in [6.07, 6.45) is 0. The Balaban J connectivity index is 2.01. The highest BCUT2D eigenvalue weighted by molar-refractivity contribution is 9.10. The molecule has 0 fully saturated rings. The third-order valence-corrected chi connectivity index (χ3v) is 5.60. The molecule has 0 aliphatic carbocycles. The largest absolute Gasteiger partial charge is 0.0622 e. The standard InChI is InChI=1S/C26H17Br/c27-20-12-8-11-19(17-20)26-23-15-6-4-13-21(23)25(18-9-2-1-3-10-18)22-14-5-7-16-24(22)26/h1-17H. The molecule has 0 saturated heterocycles. The van der Waals surface area contributed by atoms with E-state index in [9.17, 15) is 0 Å². The predicted molar refractivity (Wildman–Crippen MR) is 120 cm³/mol. The third kappa shape index (κ3) is 2.75. The minimum Gasteiger partial charge on any atom is -0.0622 e. The Kier molecular flexibility index (Phi) is 4.03. The van der Waals surface area contributed by atoms with E-state index >= 15 is 0 Å². The van der Waals surface area contributed by atoms with Crippen LogP contribution in [0.5, 0.6) is 0 Å². The lowest BCUT2D eigenvalue weighted by Gasteiger charge is -2.17. The van der Waals surface area contributed by atoms with Crippen molar-refractivity contribution >= 4 is 37.5 Å². The lowest BCUT2D eigenvalue weighted by molar-refractivity contribution is 1.62. The Morgan fingerprint density at radius 2 is 0.852 bits per heavy atom. The summed E-state index contributed by atoms with van der Waals surface area (Å²) in [5.74, 6) is 0. The molecule has 0 unspecified atom stereocenters. The summed E-state index contributed by atoms with van der Waals surface area (Å²) in [5.41, 5.74) is 5.09. The maximum atomic E-state index is 3.64. The van der Waals surface area contributed by atoms with Gasteiger partial charge in [0.25, 0.3) is 0 Å². The molecule has 0 aliphatic rings. The topological polar surface area (TPSA) is 0 Å². The molecule has 0 N–H and O–H groups in total. The highest BCUT2D eigenvalue weighted by atomic mass is 79.9. The second-order valence-corrected chi connectivity index (χ2v) is 7.63. The summed E-state index contributed by atoms with van der Waals surface area (Å²) in [4.78, 5) is 0. The zero-order valence-corrected chi connectivity index (χ0v) is 16.3. The molecule has 0 amide bonds. The molecule has 5 aromatic rings. The number of hydrogen-bond acceptors (Lipinski definition) is 0. The van der Waals surface area contributed by atoms with E-state index in [0.717, 1.165) is 4.47 Å². The Bertz CT molecular complexity index is 1210. The van der Waals surface area contributed by atoms with Gasteiger partial charge in [-0.2, -0.15) is 0 Å². The first kappa shape index (κ1) is 16.3. The van der Waals surface area contributed by atoms with E-state index < -0.39 is 0 Å². The van der Waals surface area contributed by atoms with Crippen LogP contribution in [-0.2, 0) is 0 Å². The van der Waals surface area contributed by atoms with Crippen molar-refractivity contribution in [1.82, 2.24) is 0 Å². The maximum absolute atomic E-state index is 3.64. The van der Waals surface area contributed by atoms with Crippen molar-refractivity contribution in [1.29, 1.82) is 0 Å². The van der Waals surface area contributed by atoms with Crippen LogP contribution in [0.1, 0.15) is 0 Å². The summed E-state index contributed by atoms with van der Waals surface area (Å²) in [6, 6.07) is 36.8. The van der Waals surface area contributed by atoms with Gasteiger partial charge in [-0.25, -0.2) is 0 Å². The van der Waals surface area contributed by atoms with Crippen LogP contribution < -0.4 is 0 Å². The molecule has 0 atom stereocenters. The molecule has 128 valence electrons. The molecule has 0 saturated carbocycles. The Morgan fingerprint density at radius 1 is 0.407 bits per heavy atom. The van der Waals surface area contributed by atoms with Crippen LogP contribution in [0.4, 0.5) is 0 Å². The van der Waals surface area contributed by atoms with E-state index in [1.165, 1.54) is 43.8 Å². The summed E-state index contributed by atoms with van der Waals surface area (Å²) in [6.45, 7) is 0. The molecule has 5 aromatic carbocycles. The number of benzene rings is 5. The van der Waals surface area contributed by atoms with Crippen molar-refractivity contribution in [3.8, 4) is 22.3 Å². The van der Waals surface area contributed by atoms with Crippen molar-refractivity contribution in [2.24, 2.45) is 0 Å². The second-order valence-electron chi connectivity index (χ2n) is 6.72. The zero-order valence-electron chi connectivity index (χ0n) is 14.7. The average molecular weight is 409 g/mol. The fraction of sp³-hybridized carbons (Fsp3) is 0. The third-order valence-electron chi connectivity index (χ3n) is 5.11. The molecule has 1 heteroatoms. The summed E-state index contributed by atoms with van der Waals surface area (Å²) in [7, 11) is 0. The van der Waals surface area contributed by atoms with Gasteiger partial charge in [-0.1, -0.05) is 107 Å². The molecule has 0 aliphatic heterocycles. The first-order valence-electron chi connectivity index (χ1n) is 9.08. The Hall–Kier alpha value is -2.90. The Morgan fingerprint density at radius 3 is 1.37 bits per heavy atom. The van der Waals surface area contributed by atoms with Crippen LogP contribution in [0.3, 0.4) is 0 Å². The first-order chi connectivity index (χ1) is 13.3. The first-order valence-corrected chi connectivity index (χ1v) is 9.87. The normalized spacial score (nSPS) is 11.1. The molecule has 5 rings (SSSR count). The van der Waals surface area contributed by atoms with Crippen molar-refractivity contribution in [2.75, 3.05) is 0 Å². The molecule has 0 nitrogen and oxygen atoms in total. The van der Waals surface area contributed by atoms with Crippen LogP contribution in [0, 0.1) is 0 Å². The van der Waals surface area contributed by atoms with Gasteiger partial charge in [0.15, 0.2) is 0 Å². The van der Waals surface area contributed by atoms with Crippen LogP contribution in [0.25, 0.3) is 43.8 Å². The monoisotopic (exact) mass is 408 g/mol. The quantitative estimate of drug-likeness (QED) is 0.259. The van der Waals surface area contributed by atoms with E-state index in [4.69, 9.17) is 0 Å². The molecule has 0 heterocycles. The van der Waals surface area contributed by atoms with Crippen LogP contribution in [0.2, 0.25) is 0 Å². The van der Waals surface area contributed by atoms with Gasteiger partial charge in [0.1, 0.15) is 0 Å². The van der Waals surface area contributed by atoms with Gasteiger partial charge < -0.3 is 0 Å². The SMILES string of the molecule is Brc1cccc(-c2c3ccccc3c(-c3ccccc3)c3ccccc23)c1. The molecule has 27 heavy (non-hydrogen) atoms. The highest BCUT2D eigenvalue weighted by Crippen LogP contribution is 2.43. The summed E-state index contributed by atoms with van der Waals surface area (Å²) in [5, 5.41) is 5.15. The number of hydrogen-bond donors (Lipinski definition) is 0. The number of rotatable bonds is 2. The summed E-state index contributed by atoms with van der Waals surface area (Å²) < 4.78 is 1.10. The van der Waals surface area contributed by atoms with Crippen molar-refractivity contribution in [3.63, 3.8) is 0 Å². The van der Waals surface area contributed by atoms with Gasteiger partial charge in [0, 0.05) is 4.47 Å². The van der Waals surface area contributed by atoms with Crippen molar-refractivity contribution in [3.05, 3.63) is 108 Å². The molecule has 0 bridgehead atoms. The lowest BCUT2D eigenvalue weighted by Crippen LogP contribution is -1.90. The van der Waals surface area contributed by atoms with Crippen molar-refractivity contribution in [2.45, 2.75) is 0 Å². The van der Waals surface area contributed by atoms with Gasteiger partial charge in [0.05, 0.1) is 0 Å². The molecule has 0 spiro atoms. The number of fused-ring (bicyclic) bond motifs is 2. The molecular formula is C26H17Br. The average Bonchev–Trinajstić information content (AvgIpc) is 2.72. The molecular weight excluding hydrogens is 392 g/mol. The van der Waals surface area contributed by atoms with Crippen LogP contribution in [-0.4, -0.2) is 0 Å². The van der Waals surface area contributed by atoms with E-state index in [0.29, 0.717) is 0 Å². The van der Waals surface area contributed by atoms with Gasteiger partial charge in [-0.05, 0) is 55.9 Å². The second kappa shape index (κ2) is 6.68. The molecule has 0 radical (unpaired) electrons. The zero-order chi connectivity index (χ0) is 18.2. The van der Waals surface area contributed by atoms with Gasteiger partial charge in [0.2, 0.25) is 0 Å². The fourth-order valence-corrected chi connectivity index (χ4v) is 4.40. The fourth-order valence-electron chi connectivity index (χ4n) is 4.00. The van der Waals surface area contributed by atoms with Crippen LogP contribution in [0.15, 0.2) is 108 Å². The van der Waals surface area contributed by atoms with Gasteiger partial charge in [-0.15, -0.1) is 0 Å². The minimum absolute atomic E-state index is 1.10. The lowest BCUT2D eigenvalue weighted by atomic mass is 9.86. The smallest absolute Gasteiger partial charge is 0.0181 e. The Labute approximate surface area is 167 Å². The van der Waals surface area contributed by atoms with E-state index in [1.807, 2.05) is 0 Å². The predicted octanol–water partition coefficient (Wildman–Crippen LogP) is 8.09. The highest BCUT2D eigenvalue weighted by Gasteiger charge is 2.15. The van der Waals surface area contributed by atoms with Crippen molar-refractivity contribution < 1.29 is 0 Å². The summed E-state index contributed by atoms with van der Waals surface area (Å²) >= 11 is 3.64. The van der Waals surface area contributed by atoms with Gasteiger partial charge >= 0.3 is 0 Å². The van der Waals surface area contributed by atoms with Crippen LogP contribution >= 0.6 is 15.9 Å². The van der Waals surface area contributed by atoms with E-state index in [2.05, 4.69) is 119 Å². The maximum Gasteiger partial charge on any atom is 0.0181 e. The van der Waals surface area contributed by atoms with E-state index in [-0.39, 0.29) is 0 Å². The van der Waals surface area contributed by atoms with Gasteiger partial charge in [-0.3, -0.25) is 0 Å². The minimum atomic E-state index is 1.10. The van der Waals surface area contributed by atoms with E-state index in [1.54, 1.807) is 0 Å².